The van der Waals surface area contributed by atoms with Crippen LogP contribution < -0.4 is 10.9 Å². The topological polar surface area (TPSA) is 59.4 Å². The Morgan fingerprint density at radius 2 is 2.00 bits per heavy atom. The van der Waals surface area contributed by atoms with Crippen molar-refractivity contribution >= 4 is 17.3 Å². The fraction of sp³-hybridized carbons (Fsp3) is 0.565. The van der Waals surface area contributed by atoms with Crippen LogP contribution >= 0.6 is 11.6 Å². The zero-order chi connectivity index (χ0) is 21.8. The van der Waals surface area contributed by atoms with Crippen LogP contribution in [0.2, 0.25) is 5.02 Å². The van der Waals surface area contributed by atoms with Crippen molar-refractivity contribution in [3.8, 4) is 0 Å². The van der Waals surface area contributed by atoms with Crippen LogP contribution in [0.4, 0.5) is 10.1 Å². The van der Waals surface area contributed by atoms with Gasteiger partial charge in [-0.05, 0) is 56.2 Å². The SMILES string of the molecule is CC(c1ccc(F)cc1)N1CCC(n2ncc(NCC3CCCOC3)c(Cl)c2=O)CC1. The monoisotopic (exact) mass is 448 g/mol. The molecule has 0 bridgehead atoms. The number of halogens is 2. The number of aromatic nitrogens is 2. The Labute approximate surface area is 187 Å². The van der Waals surface area contributed by atoms with Gasteiger partial charge in [0.2, 0.25) is 0 Å². The zero-order valence-electron chi connectivity index (χ0n) is 17.9. The van der Waals surface area contributed by atoms with Crippen molar-refractivity contribution in [1.82, 2.24) is 14.7 Å². The summed E-state index contributed by atoms with van der Waals surface area (Å²) in [7, 11) is 0. The minimum atomic E-state index is -0.239. The molecule has 2 aliphatic rings. The molecule has 6 nitrogen and oxygen atoms in total. The van der Waals surface area contributed by atoms with Crippen LogP contribution in [-0.4, -0.2) is 47.5 Å². The molecule has 8 heteroatoms. The summed E-state index contributed by atoms with van der Waals surface area (Å²) in [6.45, 7) is 6.12. The second-order valence-corrected chi connectivity index (χ2v) is 8.96. The van der Waals surface area contributed by atoms with Gasteiger partial charge >= 0.3 is 0 Å². The van der Waals surface area contributed by atoms with Gasteiger partial charge in [0.25, 0.3) is 5.56 Å². The standard InChI is InChI=1S/C23H30ClFN4O2/c1-16(18-4-6-19(25)7-5-18)28-10-8-20(9-11-28)29-23(30)22(24)21(14-27-29)26-13-17-3-2-12-31-15-17/h4-7,14,16-17,20,26H,2-3,8-13,15H2,1H3. The van der Waals surface area contributed by atoms with Crippen LogP contribution in [-0.2, 0) is 4.74 Å². The lowest BCUT2D eigenvalue weighted by Gasteiger charge is -2.36. The molecule has 0 spiro atoms. The van der Waals surface area contributed by atoms with Crippen molar-refractivity contribution in [1.29, 1.82) is 0 Å². The number of anilines is 1. The smallest absolute Gasteiger partial charge is 0.287 e. The predicted octanol–water partition coefficient (Wildman–Crippen LogP) is 4.27. The van der Waals surface area contributed by atoms with Crippen molar-refractivity contribution < 1.29 is 9.13 Å². The molecule has 2 saturated heterocycles. The van der Waals surface area contributed by atoms with Gasteiger partial charge in [-0.25, -0.2) is 9.07 Å². The molecule has 4 rings (SSSR count). The van der Waals surface area contributed by atoms with E-state index in [9.17, 15) is 9.18 Å². The van der Waals surface area contributed by atoms with E-state index in [0.29, 0.717) is 11.6 Å². The molecule has 2 fully saturated rings. The van der Waals surface area contributed by atoms with Crippen LogP contribution in [0.1, 0.15) is 50.3 Å². The first-order valence-electron chi connectivity index (χ1n) is 11.1. The van der Waals surface area contributed by atoms with Crippen molar-refractivity contribution in [3.05, 3.63) is 57.2 Å². The average molecular weight is 449 g/mol. The van der Waals surface area contributed by atoms with E-state index in [1.54, 1.807) is 6.20 Å². The van der Waals surface area contributed by atoms with E-state index in [4.69, 9.17) is 16.3 Å². The Balaban J connectivity index is 1.36. The first-order valence-corrected chi connectivity index (χ1v) is 11.5. The first kappa shape index (κ1) is 22.2. The average Bonchev–Trinajstić information content (AvgIpc) is 2.81. The summed E-state index contributed by atoms with van der Waals surface area (Å²) >= 11 is 6.40. The normalized spacial score (nSPS) is 21.7. The molecule has 1 N–H and O–H groups in total. The molecule has 0 aliphatic carbocycles. The minimum absolute atomic E-state index is 0.0301. The second-order valence-electron chi connectivity index (χ2n) is 8.58. The molecule has 3 heterocycles. The molecular formula is C23H30ClFN4O2. The minimum Gasteiger partial charge on any atom is -0.382 e. The highest BCUT2D eigenvalue weighted by Crippen LogP contribution is 2.29. The fourth-order valence-electron chi connectivity index (χ4n) is 4.52. The van der Waals surface area contributed by atoms with Gasteiger partial charge in [0.1, 0.15) is 10.8 Å². The van der Waals surface area contributed by atoms with Crippen molar-refractivity contribution in [3.63, 3.8) is 0 Å². The Kier molecular flexibility index (Phi) is 7.25. The molecule has 0 radical (unpaired) electrons. The molecule has 2 unspecified atom stereocenters. The maximum absolute atomic E-state index is 13.2. The van der Waals surface area contributed by atoms with Gasteiger partial charge in [-0.15, -0.1) is 0 Å². The van der Waals surface area contributed by atoms with E-state index in [1.165, 1.54) is 16.8 Å². The lowest BCUT2D eigenvalue weighted by atomic mass is 10.00. The van der Waals surface area contributed by atoms with Gasteiger partial charge in [-0.3, -0.25) is 9.69 Å². The fourth-order valence-corrected chi connectivity index (χ4v) is 4.72. The predicted molar refractivity (Wildman–Crippen MR) is 120 cm³/mol. The summed E-state index contributed by atoms with van der Waals surface area (Å²) in [6, 6.07) is 6.90. The number of benzene rings is 1. The molecule has 2 atom stereocenters. The molecule has 1 aromatic carbocycles. The van der Waals surface area contributed by atoms with E-state index in [0.717, 1.165) is 64.1 Å². The van der Waals surface area contributed by atoms with E-state index < -0.39 is 0 Å². The van der Waals surface area contributed by atoms with Crippen LogP contribution in [0.25, 0.3) is 0 Å². The molecule has 1 aromatic heterocycles. The number of hydrogen-bond acceptors (Lipinski definition) is 5. The lowest BCUT2D eigenvalue weighted by Crippen LogP contribution is -2.39. The summed E-state index contributed by atoms with van der Waals surface area (Å²) in [5.74, 6) is 0.210. The second kappa shape index (κ2) is 10.1. The van der Waals surface area contributed by atoms with E-state index in [1.807, 2.05) is 12.1 Å². The van der Waals surface area contributed by atoms with Gasteiger partial charge < -0.3 is 10.1 Å². The van der Waals surface area contributed by atoms with Crippen molar-refractivity contribution in [2.24, 2.45) is 5.92 Å². The maximum atomic E-state index is 13.2. The van der Waals surface area contributed by atoms with Crippen LogP contribution in [0.5, 0.6) is 0 Å². The third-order valence-electron chi connectivity index (χ3n) is 6.52. The molecule has 2 aromatic rings. The molecule has 2 aliphatic heterocycles. The highest BCUT2D eigenvalue weighted by atomic mass is 35.5. The van der Waals surface area contributed by atoms with Gasteiger partial charge in [-0.2, -0.15) is 5.10 Å². The largest absolute Gasteiger partial charge is 0.382 e. The number of nitrogens with one attached hydrogen (secondary N) is 1. The van der Waals surface area contributed by atoms with Gasteiger partial charge in [0.05, 0.1) is 24.5 Å². The number of hydrogen-bond donors (Lipinski definition) is 1. The van der Waals surface area contributed by atoms with E-state index in [-0.39, 0.29) is 28.5 Å². The highest BCUT2D eigenvalue weighted by Gasteiger charge is 2.26. The lowest BCUT2D eigenvalue weighted by molar-refractivity contribution is 0.0595. The molecule has 0 amide bonds. The van der Waals surface area contributed by atoms with Crippen LogP contribution in [0, 0.1) is 11.7 Å². The van der Waals surface area contributed by atoms with Crippen molar-refractivity contribution in [2.75, 3.05) is 38.2 Å². The summed E-state index contributed by atoms with van der Waals surface area (Å²) in [4.78, 5) is 15.2. The van der Waals surface area contributed by atoms with Crippen LogP contribution in [0.15, 0.2) is 35.3 Å². The molecule has 168 valence electrons. The van der Waals surface area contributed by atoms with E-state index >= 15 is 0 Å². The Morgan fingerprint density at radius 3 is 2.68 bits per heavy atom. The van der Waals surface area contributed by atoms with Crippen LogP contribution in [0.3, 0.4) is 0 Å². The van der Waals surface area contributed by atoms with Gasteiger partial charge in [-0.1, -0.05) is 23.7 Å². The van der Waals surface area contributed by atoms with Gasteiger partial charge in [0.15, 0.2) is 0 Å². The summed E-state index contributed by atoms with van der Waals surface area (Å²) < 4.78 is 20.2. The molecule has 31 heavy (non-hydrogen) atoms. The number of likely N-dealkylation sites (tertiary alicyclic amines) is 1. The maximum Gasteiger partial charge on any atom is 0.287 e. The number of nitrogens with zero attached hydrogens (tertiary/aromatic N) is 3. The highest BCUT2D eigenvalue weighted by molar-refractivity contribution is 6.32. The molecular weight excluding hydrogens is 419 g/mol. The summed E-state index contributed by atoms with van der Waals surface area (Å²) in [6.07, 6.45) is 5.49. The quantitative estimate of drug-likeness (QED) is 0.715. The van der Waals surface area contributed by atoms with Gasteiger partial charge in [0, 0.05) is 32.3 Å². The Hall–Kier alpha value is -1.96. The zero-order valence-corrected chi connectivity index (χ0v) is 18.7. The Bertz CT molecular complexity index is 922. The van der Waals surface area contributed by atoms with E-state index in [2.05, 4.69) is 22.2 Å². The third-order valence-corrected chi connectivity index (χ3v) is 6.89. The van der Waals surface area contributed by atoms with Crippen molar-refractivity contribution in [2.45, 2.75) is 44.7 Å². The molecule has 0 saturated carbocycles. The summed E-state index contributed by atoms with van der Waals surface area (Å²) in [5, 5.41) is 7.91. The third kappa shape index (κ3) is 5.27. The first-order chi connectivity index (χ1) is 15.0. The summed E-state index contributed by atoms with van der Waals surface area (Å²) in [5.41, 5.74) is 1.45. The number of rotatable bonds is 6. The number of ether oxygens (including phenoxy) is 1. The Morgan fingerprint density at radius 1 is 1.26 bits per heavy atom. The number of piperidine rings is 1.